The van der Waals surface area contributed by atoms with Crippen LogP contribution in [0.25, 0.3) is 0 Å². The van der Waals surface area contributed by atoms with Crippen LogP contribution >= 0.6 is 0 Å². The Morgan fingerprint density at radius 1 is 1.29 bits per heavy atom. The van der Waals surface area contributed by atoms with Crippen LogP contribution in [0.3, 0.4) is 0 Å². The average Bonchev–Trinajstić information content (AvgIpc) is 3.20. The Morgan fingerprint density at radius 2 is 1.90 bits per heavy atom. The molecule has 0 radical (unpaired) electrons. The molecule has 1 aromatic carbocycles. The number of likely N-dealkylation sites (N-methyl/N-ethyl adjacent to an activating group) is 1. The van der Waals surface area contributed by atoms with Gasteiger partial charge < -0.3 is 10.6 Å². The fourth-order valence-electron chi connectivity index (χ4n) is 2.57. The van der Waals surface area contributed by atoms with Crippen LogP contribution in [0.2, 0.25) is 0 Å². The topological polar surface area (TPSA) is 75.4 Å². The van der Waals surface area contributed by atoms with Gasteiger partial charge in [0.25, 0.3) is 0 Å². The monoisotopic (exact) mass is 311 g/mol. The highest BCUT2D eigenvalue weighted by atomic mass is 32.2. The fourth-order valence-corrected chi connectivity index (χ4v) is 4.16. The Hall–Kier alpha value is -1.11. The third-order valence-electron chi connectivity index (χ3n) is 4.27. The summed E-state index contributed by atoms with van der Waals surface area (Å²) in [6.45, 7) is 6.61. The molecule has 0 spiro atoms. The summed E-state index contributed by atoms with van der Waals surface area (Å²) in [4.78, 5) is 2.53. The van der Waals surface area contributed by atoms with E-state index >= 15 is 0 Å². The van der Waals surface area contributed by atoms with Crippen molar-refractivity contribution in [2.45, 2.75) is 44.6 Å². The molecule has 5 nitrogen and oxygen atoms in total. The van der Waals surface area contributed by atoms with Gasteiger partial charge in [-0.3, -0.25) is 0 Å². The zero-order valence-electron chi connectivity index (χ0n) is 13.2. The Kier molecular flexibility index (Phi) is 4.60. The van der Waals surface area contributed by atoms with Crippen molar-refractivity contribution in [3.63, 3.8) is 0 Å². The van der Waals surface area contributed by atoms with E-state index in [-0.39, 0.29) is 0 Å². The predicted octanol–water partition coefficient (Wildman–Crippen LogP) is 1.57. The summed E-state index contributed by atoms with van der Waals surface area (Å²) in [5.74, 6) is 0. The Morgan fingerprint density at radius 3 is 2.48 bits per heavy atom. The third-order valence-corrected chi connectivity index (χ3v) is 6.01. The van der Waals surface area contributed by atoms with Crippen LogP contribution in [0, 0.1) is 20.8 Å². The summed E-state index contributed by atoms with van der Waals surface area (Å²) in [5, 5.41) is 0. The van der Waals surface area contributed by atoms with E-state index in [1.165, 1.54) is 12.8 Å². The van der Waals surface area contributed by atoms with E-state index in [1.54, 1.807) is 6.92 Å². The predicted molar refractivity (Wildman–Crippen MR) is 85.9 cm³/mol. The highest BCUT2D eigenvalue weighted by Crippen LogP contribution is 2.28. The molecule has 0 aliphatic heterocycles. The molecule has 1 fully saturated rings. The highest BCUT2D eigenvalue weighted by molar-refractivity contribution is 7.89. The average molecular weight is 311 g/mol. The second-order valence-electron chi connectivity index (χ2n) is 5.97. The summed E-state index contributed by atoms with van der Waals surface area (Å²) in [6, 6.07) is 2.46. The molecule has 1 aromatic rings. The lowest BCUT2D eigenvalue weighted by atomic mass is 10.1. The van der Waals surface area contributed by atoms with Crippen molar-refractivity contribution in [3.8, 4) is 0 Å². The third kappa shape index (κ3) is 3.56. The van der Waals surface area contributed by atoms with Gasteiger partial charge >= 0.3 is 0 Å². The van der Waals surface area contributed by atoms with Crippen molar-refractivity contribution in [2.24, 2.45) is 0 Å². The van der Waals surface area contributed by atoms with Crippen LogP contribution in [0.1, 0.15) is 29.5 Å². The number of nitrogen functional groups attached to an aromatic ring is 1. The fraction of sp³-hybridized carbons (Fsp3) is 0.600. The molecule has 2 rings (SSSR count). The number of hydrogen-bond acceptors (Lipinski definition) is 4. The van der Waals surface area contributed by atoms with E-state index in [0.29, 0.717) is 28.7 Å². The first-order valence-electron chi connectivity index (χ1n) is 7.30. The van der Waals surface area contributed by atoms with E-state index in [0.717, 1.165) is 17.7 Å². The number of anilines is 1. The molecule has 0 atom stereocenters. The lowest BCUT2D eigenvalue weighted by Gasteiger charge is -2.18. The summed E-state index contributed by atoms with van der Waals surface area (Å²) >= 11 is 0. The number of nitrogens with one attached hydrogen (secondary N) is 1. The number of hydrogen-bond donors (Lipinski definition) is 2. The molecule has 0 bridgehead atoms. The van der Waals surface area contributed by atoms with Crippen LogP contribution in [0.4, 0.5) is 5.69 Å². The molecule has 3 N–H and O–H groups in total. The van der Waals surface area contributed by atoms with Crippen LogP contribution in [-0.2, 0) is 10.0 Å². The standard InChI is InChI=1S/C15H25N3O2S/c1-10-9-14(16)12(3)15(11(10)2)21(19,20)17-7-8-18(4)13-5-6-13/h9,13,17H,5-8,16H2,1-4H3. The lowest BCUT2D eigenvalue weighted by Crippen LogP contribution is -2.34. The quantitative estimate of drug-likeness (QED) is 0.782. The summed E-state index contributed by atoms with van der Waals surface area (Å²) in [5.41, 5.74) is 8.72. The van der Waals surface area contributed by atoms with E-state index in [2.05, 4.69) is 9.62 Å². The van der Waals surface area contributed by atoms with Gasteiger partial charge in [-0.05, 0) is 63.4 Å². The van der Waals surface area contributed by atoms with Crippen molar-refractivity contribution in [1.29, 1.82) is 0 Å². The molecule has 0 saturated heterocycles. The van der Waals surface area contributed by atoms with Crippen LogP contribution in [0.15, 0.2) is 11.0 Å². The first-order chi connectivity index (χ1) is 9.74. The SMILES string of the molecule is Cc1cc(N)c(C)c(S(=O)(=O)NCCN(C)C2CC2)c1C. The zero-order valence-corrected chi connectivity index (χ0v) is 14.0. The second kappa shape index (κ2) is 5.94. The van der Waals surface area contributed by atoms with Crippen molar-refractivity contribution in [2.75, 3.05) is 25.9 Å². The normalized spacial score (nSPS) is 15.7. The summed E-state index contributed by atoms with van der Waals surface area (Å²) in [6.07, 6.45) is 2.44. The van der Waals surface area contributed by atoms with E-state index < -0.39 is 10.0 Å². The van der Waals surface area contributed by atoms with Gasteiger partial charge in [-0.15, -0.1) is 0 Å². The molecule has 0 aromatic heterocycles. The van der Waals surface area contributed by atoms with Gasteiger partial charge in [0.2, 0.25) is 10.0 Å². The minimum atomic E-state index is -3.52. The molecule has 118 valence electrons. The number of nitrogens with zero attached hydrogens (tertiary/aromatic N) is 1. The molecular weight excluding hydrogens is 286 g/mol. The minimum absolute atomic E-state index is 0.328. The molecule has 0 heterocycles. The number of nitrogens with two attached hydrogens (primary N) is 1. The van der Waals surface area contributed by atoms with Crippen molar-refractivity contribution >= 4 is 15.7 Å². The molecular formula is C15H25N3O2S. The number of benzene rings is 1. The molecule has 0 unspecified atom stereocenters. The lowest BCUT2D eigenvalue weighted by molar-refractivity contribution is 0.329. The Balaban J connectivity index is 2.15. The highest BCUT2D eigenvalue weighted by Gasteiger charge is 2.26. The first kappa shape index (κ1) is 16.3. The molecule has 0 amide bonds. The van der Waals surface area contributed by atoms with Crippen molar-refractivity contribution < 1.29 is 8.42 Å². The van der Waals surface area contributed by atoms with Gasteiger partial charge in [-0.25, -0.2) is 13.1 Å². The van der Waals surface area contributed by atoms with Gasteiger partial charge in [-0.1, -0.05) is 0 Å². The summed E-state index contributed by atoms with van der Waals surface area (Å²) in [7, 11) is -1.49. The van der Waals surface area contributed by atoms with E-state index in [9.17, 15) is 8.42 Å². The van der Waals surface area contributed by atoms with Gasteiger partial charge in [0.15, 0.2) is 0 Å². The van der Waals surface area contributed by atoms with E-state index in [4.69, 9.17) is 5.73 Å². The van der Waals surface area contributed by atoms with Crippen molar-refractivity contribution in [1.82, 2.24) is 9.62 Å². The maximum absolute atomic E-state index is 12.6. The minimum Gasteiger partial charge on any atom is -0.398 e. The van der Waals surface area contributed by atoms with Gasteiger partial charge in [0.1, 0.15) is 0 Å². The molecule has 21 heavy (non-hydrogen) atoms. The maximum atomic E-state index is 12.6. The van der Waals surface area contributed by atoms with Crippen LogP contribution in [0.5, 0.6) is 0 Å². The Bertz CT molecular complexity index is 611. The summed E-state index contributed by atoms with van der Waals surface area (Å²) < 4.78 is 27.8. The zero-order chi connectivity index (χ0) is 15.8. The van der Waals surface area contributed by atoms with Crippen molar-refractivity contribution in [3.05, 3.63) is 22.8 Å². The van der Waals surface area contributed by atoms with Crippen LogP contribution in [-0.4, -0.2) is 39.5 Å². The number of rotatable bonds is 6. The smallest absolute Gasteiger partial charge is 0.241 e. The van der Waals surface area contributed by atoms with E-state index in [1.807, 2.05) is 27.0 Å². The van der Waals surface area contributed by atoms with Gasteiger partial charge in [0, 0.05) is 24.8 Å². The Labute approximate surface area is 127 Å². The van der Waals surface area contributed by atoms with Gasteiger partial charge in [0.05, 0.1) is 4.90 Å². The second-order valence-corrected chi connectivity index (χ2v) is 7.68. The largest absolute Gasteiger partial charge is 0.398 e. The van der Waals surface area contributed by atoms with Crippen LogP contribution < -0.4 is 10.5 Å². The molecule has 1 saturated carbocycles. The number of sulfonamides is 1. The molecule has 1 aliphatic rings. The maximum Gasteiger partial charge on any atom is 0.241 e. The molecule has 6 heteroatoms. The molecule has 1 aliphatic carbocycles. The number of aryl methyl sites for hydroxylation is 1. The van der Waals surface area contributed by atoms with Gasteiger partial charge in [-0.2, -0.15) is 0 Å². The first-order valence-corrected chi connectivity index (χ1v) is 8.78.